The SMILES string of the molecule is CSCC[C@H](NC(=O)[C@H](CC(C)C)NC(=O)[C@H](Cc1cnc[nH]1)NC(=O)CNC(=O)[C@@H](NC(=O)[C@H](C)NC(=O)[C@H](Cc1c[nH]c2ccccc12)NC(C)=O)C(C)C)C(N)=O. The summed E-state index contributed by atoms with van der Waals surface area (Å²) < 4.78 is 0. The van der Waals surface area contributed by atoms with Gasteiger partial charge in [0.1, 0.15) is 36.3 Å². The number of carbonyl (C=O) groups excluding carboxylic acids is 8. The quantitative estimate of drug-likeness (QED) is 0.0561. The highest BCUT2D eigenvalue weighted by Gasteiger charge is 2.32. The molecule has 0 aliphatic heterocycles. The number of hydrogen-bond donors (Lipinski definition) is 10. The molecule has 0 radical (unpaired) electrons. The first-order valence-corrected chi connectivity index (χ1v) is 21.2. The Bertz CT molecular complexity index is 1950. The fraction of sp³-hybridized carbons (Fsp3) is 0.525. The van der Waals surface area contributed by atoms with Gasteiger partial charge in [-0.25, -0.2) is 4.98 Å². The molecular weight excluding hydrogens is 795 g/mol. The number of imidazole rings is 1. The molecule has 2 heterocycles. The number of aromatic amines is 2. The van der Waals surface area contributed by atoms with Crippen LogP contribution in [0.2, 0.25) is 0 Å². The number of amides is 8. The fourth-order valence-corrected chi connectivity index (χ4v) is 6.76. The van der Waals surface area contributed by atoms with Crippen LogP contribution in [0.5, 0.6) is 0 Å². The van der Waals surface area contributed by atoms with Crippen molar-refractivity contribution in [3.05, 3.63) is 54.2 Å². The van der Waals surface area contributed by atoms with Crippen LogP contribution in [0.25, 0.3) is 10.9 Å². The monoisotopic (exact) mass is 853 g/mol. The summed E-state index contributed by atoms with van der Waals surface area (Å²) in [5.41, 5.74) is 7.67. The summed E-state index contributed by atoms with van der Waals surface area (Å²) in [6.45, 7) is 9.24. The molecule has 0 bridgehead atoms. The smallest absolute Gasteiger partial charge is 0.243 e. The third-order valence-corrected chi connectivity index (χ3v) is 10.1. The van der Waals surface area contributed by atoms with E-state index < -0.39 is 96.0 Å². The molecule has 1 aromatic carbocycles. The van der Waals surface area contributed by atoms with Gasteiger partial charge >= 0.3 is 0 Å². The van der Waals surface area contributed by atoms with Crippen LogP contribution in [0.15, 0.2) is 43.0 Å². The standard InChI is InChI=1S/C40H59N11O8S/c1-21(2)14-30(38(57)49-29(35(41)54)12-13-60-7)50-39(58)32(16-26-18-42-20-45-26)48-33(53)19-44-40(59)34(22(3)4)51-36(55)23(5)46-37(56)31(47-24(6)52)15-25-17-43-28-11-9-8-10-27(25)28/h8-11,17-18,20-23,29-32,34,43H,12-16,19H2,1-7H3,(H2,41,54)(H,42,45)(H,44,59)(H,46,56)(H,47,52)(H,48,53)(H,49,57)(H,50,58)(H,51,55)/t23-,29-,30-,31-,32-,34-/m0/s1. The number of nitrogens with one attached hydrogen (secondary N) is 9. The maximum absolute atomic E-state index is 13.7. The van der Waals surface area contributed by atoms with E-state index >= 15 is 0 Å². The molecular formula is C40H59N11O8S. The van der Waals surface area contributed by atoms with Crippen molar-refractivity contribution >= 4 is 69.9 Å². The Morgan fingerprint density at radius 1 is 0.750 bits per heavy atom. The van der Waals surface area contributed by atoms with Crippen molar-refractivity contribution in [2.75, 3.05) is 18.6 Å². The summed E-state index contributed by atoms with van der Waals surface area (Å²) in [6, 6.07) is 1.05. The number of benzene rings is 1. The largest absolute Gasteiger partial charge is 0.368 e. The Morgan fingerprint density at radius 3 is 2.02 bits per heavy atom. The molecule has 0 aliphatic carbocycles. The normalized spacial score (nSPS) is 14.2. The first-order valence-electron chi connectivity index (χ1n) is 19.8. The van der Waals surface area contributed by atoms with Crippen molar-refractivity contribution < 1.29 is 38.4 Å². The van der Waals surface area contributed by atoms with E-state index in [1.807, 2.05) is 44.4 Å². The summed E-state index contributed by atoms with van der Waals surface area (Å²) in [5, 5.41) is 19.2. The number of primary amides is 1. The van der Waals surface area contributed by atoms with Gasteiger partial charge in [-0.15, -0.1) is 0 Å². The third kappa shape index (κ3) is 15.4. The average Bonchev–Trinajstić information content (AvgIpc) is 3.86. The van der Waals surface area contributed by atoms with E-state index in [0.717, 1.165) is 16.5 Å². The molecule has 0 saturated carbocycles. The van der Waals surface area contributed by atoms with E-state index in [0.29, 0.717) is 17.9 Å². The van der Waals surface area contributed by atoms with E-state index in [1.54, 1.807) is 20.0 Å². The minimum atomic E-state index is -1.22. The lowest BCUT2D eigenvalue weighted by molar-refractivity contribution is -0.134. The van der Waals surface area contributed by atoms with Gasteiger partial charge in [-0.3, -0.25) is 38.4 Å². The zero-order valence-corrected chi connectivity index (χ0v) is 35.9. The second-order valence-electron chi connectivity index (χ2n) is 15.3. The van der Waals surface area contributed by atoms with Crippen molar-refractivity contribution in [2.24, 2.45) is 17.6 Å². The van der Waals surface area contributed by atoms with Crippen LogP contribution in [0.1, 0.15) is 65.6 Å². The molecule has 0 aliphatic rings. The van der Waals surface area contributed by atoms with Crippen LogP contribution in [0, 0.1) is 11.8 Å². The van der Waals surface area contributed by atoms with Gasteiger partial charge in [0.15, 0.2) is 0 Å². The highest BCUT2D eigenvalue weighted by atomic mass is 32.2. The van der Waals surface area contributed by atoms with Crippen LogP contribution >= 0.6 is 11.8 Å². The molecule has 3 aromatic rings. The first-order chi connectivity index (χ1) is 28.4. The van der Waals surface area contributed by atoms with Crippen molar-refractivity contribution in [1.82, 2.24) is 52.2 Å². The second kappa shape index (κ2) is 23.6. The summed E-state index contributed by atoms with van der Waals surface area (Å²) in [7, 11) is 0. The van der Waals surface area contributed by atoms with Crippen LogP contribution in [0.4, 0.5) is 0 Å². The number of nitrogens with two attached hydrogens (primary N) is 1. The highest BCUT2D eigenvalue weighted by Crippen LogP contribution is 2.19. The molecule has 2 aromatic heterocycles. The number of H-pyrrole nitrogens is 2. The van der Waals surface area contributed by atoms with Gasteiger partial charge in [0, 0.05) is 48.8 Å². The Morgan fingerprint density at radius 2 is 1.40 bits per heavy atom. The first kappa shape index (κ1) is 48.4. The maximum atomic E-state index is 13.7. The number of carbonyl (C=O) groups is 8. The molecule has 11 N–H and O–H groups in total. The summed E-state index contributed by atoms with van der Waals surface area (Å²) in [4.78, 5) is 114. The molecule has 0 fully saturated rings. The number of nitrogens with zero attached hydrogens (tertiary/aromatic N) is 1. The van der Waals surface area contributed by atoms with Crippen molar-refractivity contribution in [3.63, 3.8) is 0 Å². The number of rotatable bonds is 24. The van der Waals surface area contributed by atoms with Gasteiger partial charge in [-0.05, 0) is 55.2 Å². The van der Waals surface area contributed by atoms with Gasteiger partial charge in [-0.2, -0.15) is 11.8 Å². The number of fused-ring (bicyclic) bond motifs is 1. The molecule has 3 rings (SSSR count). The highest BCUT2D eigenvalue weighted by molar-refractivity contribution is 7.98. The Balaban J connectivity index is 1.64. The minimum Gasteiger partial charge on any atom is -0.368 e. The molecule has 0 spiro atoms. The zero-order chi connectivity index (χ0) is 44.5. The Kier molecular flexibility index (Phi) is 19.1. The summed E-state index contributed by atoms with van der Waals surface area (Å²) in [5.74, 6) is -5.09. The number of thioether (sulfide) groups is 1. The summed E-state index contributed by atoms with van der Waals surface area (Å²) in [6.07, 6.45) is 7.11. The maximum Gasteiger partial charge on any atom is 0.243 e. The lowest BCUT2D eigenvalue weighted by atomic mass is 10.0. The molecule has 60 heavy (non-hydrogen) atoms. The molecule has 20 heteroatoms. The van der Waals surface area contributed by atoms with E-state index in [4.69, 9.17) is 5.73 Å². The predicted octanol–water partition coefficient (Wildman–Crippen LogP) is -0.318. The molecule has 19 nitrogen and oxygen atoms in total. The fourth-order valence-electron chi connectivity index (χ4n) is 6.28. The Hall–Kier alpha value is -5.92. The zero-order valence-electron chi connectivity index (χ0n) is 35.1. The van der Waals surface area contributed by atoms with E-state index in [2.05, 4.69) is 52.2 Å². The van der Waals surface area contributed by atoms with Gasteiger partial charge in [0.2, 0.25) is 47.3 Å². The third-order valence-electron chi connectivity index (χ3n) is 9.46. The molecule has 328 valence electrons. The lowest BCUT2D eigenvalue weighted by Crippen LogP contribution is -2.58. The minimum absolute atomic E-state index is 0.0413. The second-order valence-corrected chi connectivity index (χ2v) is 16.3. The van der Waals surface area contributed by atoms with Crippen LogP contribution < -0.4 is 43.0 Å². The van der Waals surface area contributed by atoms with Crippen LogP contribution in [-0.4, -0.2) is 117 Å². The summed E-state index contributed by atoms with van der Waals surface area (Å²) >= 11 is 1.48. The van der Waals surface area contributed by atoms with Gasteiger partial charge in [0.05, 0.1) is 12.9 Å². The van der Waals surface area contributed by atoms with E-state index in [-0.39, 0.29) is 25.2 Å². The number of aromatic nitrogens is 3. The molecule has 8 amide bonds. The number of para-hydroxylation sites is 1. The number of hydrogen-bond acceptors (Lipinski definition) is 10. The molecule has 0 unspecified atom stereocenters. The topological polar surface area (TPSA) is 291 Å². The van der Waals surface area contributed by atoms with E-state index in [9.17, 15) is 38.4 Å². The predicted molar refractivity (Wildman–Crippen MR) is 227 cm³/mol. The Labute approximate surface area is 353 Å². The van der Waals surface area contributed by atoms with Gasteiger partial charge in [0.25, 0.3) is 0 Å². The van der Waals surface area contributed by atoms with Crippen molar-refractivity contribution in [3.8, 4) is 0 Å². The van der Waals surface area contributed by atoms with Gasteiger partial charge < -0.3 is 52.9 Å². The van der Waals surface area contributed by atoms with E-state index in [1.165, 1.54) is 38.1 Å². The average molecular weight is 854 g/mol. The van der Waals surface area contributed by atoms with Crippen LogP contribution in [-0.2, 0) is 51.2 Å². The van der Waals surface area contributed by atoms with Crippen LogP contribution in [0.3, 0.4) is 0 Å². The molecule has 0 saturated heterocycles. The lowest BCUT2D eigenvalue weighted by Gasteiger charge is -2.26. The van der Waals surface area contributed by atoms with Crippen molar-refractivity contribution in [1.29, 1.82) is 0 Å². The molecule has 6 atom stereocenters. The van der Waals surface area contributed by atoms with Crippen molar-refractivity contribution in [2.45, 2.75) is 103 Å². The van der Waals surface area contributed by atoms with Gasteiger partial charge in [-0.1, -0.05) is 45.9 Å².